The molecule has 74 valence electrons. The van der Waals surface area contributed by atoms with Crippen molar-refractivity contribution in [1.29, 1.82) is 0 Å². The van der Waals surface area contributed by atoms with Crippen molar-refractivity contribution >= 4 is 26.8 Å². The Morgan fingerprint density at radius 1 is 1.43 bits per heavy atom. The maximum absolute atomic E-state index is 12.3. The lowest BCUT2D eigenvalue weighted by atomic mass is 10.2. The fourth-order valence-electron chi connectivity index (χ4n) is 1.33. The van der Waals surface area contributed by atoms with Crippen molar-refractivity contribution in [2.45, 2.75) is 13.5 Å². The van der Waals surface area contributed by atoms with Crippen molar-refractivity contribution in [2.75, 3.05) is 0 Å². The highest BCUT2D eigenvalue weighted by Gasteiger charge is 2.10. The average Bonchev–Trinajstić information content (AvgIpc) is 2.47. The van der Waals surface area contributed by atoms with Crippen LogP contribution >= 0.6 is 15.9 Å². The molecule has 0 atom stereocenters. The minimum absolute atomic E-state index is 0.581. The summed E-state index contributed by atoms with van der Waals surface area (Å²) in [6, 6.07) is 3.65. The topological polar surface area (TPSA) is 17.8 Å². The van der Waals surface area contributed by atoms with Crippen LogP contribution < -0.4 is 0 Å². The van der Waals surface area contributed by atoms with E-state index in [1.165, 1.54) is 6.20 Å². The second-order valence-corrected chi connectivity index (χ2v) is 3.92. The van der Waals surface area contributed by atoms with Crippen molar-refractivity contribution in [3.8, 4) is 0 Å². The van der Waals surface area contributed by atoms with E-state index in [2.05, 4.69) is 21.0 Å². The van der Waals surface area contributed by atoms with Crippen molar-refractivity contribution in [1.82, 2.24) is 9.78 Å². The largest absolute Gasteiger partial charge is 0.333 e. The highest BCUT2D eigenvalue weighted by atomic mass is 79.9. The van der Waals surface area contributed by atoms with Crippen LogP contribution in [0.25, 0.3) is 10.9 Å². The molecule has 14 heavy (non-hydrogen) atoms. The monoisotopic (exact) mass is 260 g/mol. The van der Waals surface area contributed by atoms with Crippen LogP contribution in [0.2, 0.25) is 0 Å². The first-order chi connectivity index (χ1) is 6.58. The Hall–Kier alpha value is -0.970. The number of halogens is 3. The molecular formula is C9H7BrF2N2. The predicted molar refractivity (Wildman–Crippen MR) is 53.4 cm³/mol. The molecule has 0 N–H and O–H groups in total. The lowest BCUT2D eigenvalue weighted by molar-refractivity contribution is 0.0573. The van der Waals surface area contributed by atoms with Gasteiger partial charge in [-0.2, -0.15) is 13.9 Å². The van der Waals surface area contributed by atoms with Crippen LogP contribution in [0.4, 0.5) is 8.78 Å². The molecule has 0 aliphatic heterocycles. The van der Waals surface area contributed by atoms with Crippen LogP contribution in [0, 0.1) is 6.92 Å². The van der Waals surface area contributed by atoms with Gasteiger partial charge in [-0.15, -0.1) is 0 Å². The predicted octanol–water partition coefficient (Wildman–Crippen LogP) is 3.50. The van der Waals surface area contributed by atoms with E-state index < -0.39 is 6.55 Å². The molecule has 1 aromatic heterocycles. The molecule has 0 aliphatic rings. The molecule has 2 rings (SSSR count). The SMILES string of the molecule is Cc1cc(Br)c2cn(C(F)F)nc2c1. The first kappa shape index (κ1) is 9.58. The molecule has 2 nitrogen and oxygen atoms in total. The highest BCUT2D eigenvalue weighted by molar-refractivity contribution is 9.10. The fraction of sp³-hybridized carbons (Fsp3) is 0.222. The maximum Gasteiger partial charge on any atom is 0.333 e. The summed E-state index contributed by atoms with van der Waals surface area (Å²) in [7, 11) is 0. The standard InChI is InChI=1S/C9H7BrF2N2/c1-5-2-7(10)6-4-14(9(11)12)13-8(6)3-5/h2-4,9H,1H3. The normalized spacial score (nSPS) is 11.5. The number of benzene rings is 1. The smallest absolute Gasteiger partial charge is 0.210 e. The number of alkyl halides is 2. The van der Waals surface area contributed by atoms with Crippen LogP contribution in [0.15, 0.2) is 22.8 Å². The second-order valence-electron chi connectivity index (χ2n) is 3.07. The summed E-state index contributed by atoms with van der Waals surface area (Å²) in [5.74, 6) is 0. The van der Waals surface area contributed by atoms with Gasteiger partial charge in [0.2, 0.25) is 0 Å². The van der Waals surface area contributed by atoms with Gasteiger partial charge in [0.05, 0.1) is 5.52 Å². The van der Waals surface area contributed by atoms with Crippen molar-refractivity contribution in [3.63, 3.8) is 0 Å². The van der Waals surface area contributed by atoms with E-state index in [4.69, 9.17) is 0 Å². The van der Waals surface area contributed by atoms with Crippen LogP contribution in [0.1, 0.15) is 12.1 Å². The number of hydrogen-bond donors (Lipinski definition) is 0. The van der Waals surface area contributed by atoms with E-state index in [0.717, 1.165) is 10.0 Å². The number of aromatic nitrogens is 2. The lowest BCUT2D eigenvalue weighted by Crippen LogP contribution is -1.96. The van der Waals surface area contributed by atoms with E-state index >= 15 is 0 Å². The van der Waals surface area contributed by atoms with Gasteiger partial charge in [-0.3, -0.25) is 0 Å². The minimum atomic E-state index is -2.59. The average molecular weight is 261 g/mol. The van der Waals surface area contributed by atoms with Crippen molar-refractivity contribution in [3.05, 3.63) is 28.4 Å². The lowest BCUT2D eigenvalue weighted by Gasteiger charge is -1.94. The Labute approximate surface area is 87.6 Å². The fourth-order valence-corrected chi connectivity index (χ4v) is 2.00. The number of aryl methyl sites for hydroxylation is 1. The molecule has 0 amide bonds. The van der Waals surface area contributed by atoms with Gasteiger partial charge in [0.25, 0.3) is 0 Å². The van der Waals surface area contributed by atoms with Crippen molar-refractivity contribution in [2.24, 2.45) is 0 Å². The highest BCUT2D eigenvalue weighted by Crippen LogP contribution is 2.26. The maximum atomic E-state index is 12.3. The van der Waals surface area contributed by atoms with Crippen molar-refractivity contribution < 1.29 is 8.78 Å². The molecule has 0 saturated heterocycles. The van der Waals surface area contributed by atoms with Gasteiger partial charge < -0.3 is 0 Å². The van der Waals surface area contributed by atoms with Gasteiger partial charge in [0.15, 0.2) is 0 Å². The third kappa shape index (κ3) is 1.52. The summed E-state index contributed by atoms with van der Waals surface area (Å²) in [5, 5.41) is 4.48. The summed E-state index contributed by atoms with van der Waals surface area (Å²) < 4.78 is 26.1. The molecule has 0 radical (unpaired) electrons. The molecule has 0 aliphatic carbocycles. The number of nitrogens with zero attached hydrogens (tertiary/aromatic N) is 2. The molecule has 1 heterocycles. The first-order valence-electron chi connectivity index (χ1n) is 4.01. The molecule has 1 aromatic carbocycles. The van der Waals surface area contributed by atoms with E-state index in [1.54, 1.807) is 6.07 Å². The Morgan fingerprint density at radius 3 is 2.79 bits per heavy atom. The number of rotatable bonds is 1. The Morgan fingerprint density at radius 2 is 2.14 bits per heavy atom. The third-order valence-corrected chi connectivity index (χ3v) is 2.59. The van der Waals surface area contributed by atoms with E-state index in [0.29, 0.717) is 15.6 Å². The zero-order valence-corrected chi connectivity index (χ0v) is 8.92. The van der Waals surface area contributed by atoms with E-state index in [9.17, 15) is 8.78 Å². The second kappa shape index (κ2) is 3.31. The molecule has 5 heteroatoms. The van der Waals surface area contributed by atoms with Gasteiger partial charge in [-0.25, -0.2) is 4.68 Å². The van der Waals surface area contributed by atoms with Gasteiger partial charge in [0, 0.05) is 16.1 Å². The molecule has 0 saturated carbocycles. The summed E-state index contributed by atoms with van der Waals surface area (Å²) in [5.41, 5.74) is 1.57. The zero-order chi connectivity index (χ0) is 10.3. The van der Waals surface area contributed by atoms with Gasteiger partial charge in [0.1, 0.15) is 0 Å². The van der Waals surface area contributed by atoms with Crippen LogP contribution in [-0.4, -0.2) is 9.78 Å². The summed E-state index contributed by atoms with van der Waals surface area (Å²) in [6.07, 6.45) is 1.34. The quantitative estimate of drug-likeness (QED) is 0.768. The molecule has 0 bridgehead atoms. The molecule has 0 fully saturated rings. The number of fused-ring (bicyclic) bond motifs is 1. The summed E-state index contributed by atoms with van der Waals surface area (Å²) in [6.45, 7) is -0.694. The van der Waals surface area contributed by atoms with Crippen LogP contribution in [0.5, 0.6) is 0 Å². The Balaban J connectivity index is 2.70. The third-order valence-electron chi connectivity index (χ3n) is 1.94. The van der Waals surface area contributed by atoms with Crippen LogP contribution in [0.3, 0.4) is 0 Å². The molecular weight excluding hydrogens is 254 g/mol. The van der Waals surface area contributed by atoms with Gasteiger partial charge >= 0.3 is 6.55 Å². The molecule has 0 unspecified atom stereocenters. The molecule has 2 aromatic rings. The zero-order valence-electron chi connectivity index (χ0n) is 7.34. The summed E-state index contributed by atoms with van der Waals surface area (Å²) >= 11 is 3.31. The first-order valence-corrected chi connectivity index (χ1v) is 4.80. The van der Waals surface area contributed by atoms with Gasteiger partial charge in [-0.1, -0.05) is 15.9 Å². The number of hydrogen-bond acceptors (Lipinski definition) is 1. The van der Waals surface area contributed by atoms with Crippen LogP contribution in [-0.2, 0) is 0 Å². The molecule has 0 spiro atoms. The summed E-state index contributed by atoms with van der Waals surface area (Å²) in [4.78, 5) is 0. The van der Waals surface area contributed by atoms with E-state index in [1.807, 2.05) is 13.0 Å². The Kier molecular flexibility index (Phi) is 2.26. The van der Waals surface area contributed by atoms with E-state index in [-0.39, 0.29) is 0 Å². The Bertz CT molecular complexity index is 479. The minimum Gasteiger partial charge on any atom is -0.210 e. The van der Waals surface area contributed by atoms with Gasteiger partial charge in [-0.05, 0) is 24.6 Å².